The molecule has 0 radical (unpaired) electrons. The second kappa shape index (κ2) is 5.11. The van der Waals surface area contributed by atoms with Gasteiger partial charge in [0, 0.05) is 26.1 Å². The molecule has 2 atom stereocenters. The number of carboxylic acid groups (broad SMARTS) is 1. The summed E-state index contributed by atoms with van der Waals surface area (Å²) in [5, 5.41) is 11.5. The molecule has 86 valence electrons. The van der Waals surface area contributed by atoms with Crippen molar-refractivity contribution < 1.29 is 14.7 Å². The molecule has 0 aliphatic carbocycles. The van der Waals surface area contributed by atoms with Gasteiger partial charge < -0.3 is 10.4 Å². The topological polar surface area (TPSA) is 69.6 Å². The van der Waals surface area contributed by atoms with Gasteiger partial charge in [-0.15, -0.1) is 0 Å². The first-order chi connectivity index (χ1) is 6.97. The van der Waals surface area contributed by atoms with Crippen molar-refractivity contribution in [2.75, 3.05) is 19.6 Å². The molecule has 2 N–H and O–H groups in total. The summed E-state index contributed by atoms with van der Waals surface area (Å²) in [6, 6.07) is 0.0885. The summed E-state index contributed by atoms with van der Waals surface area (Å²) >= 11 is 0. The van der Waals surface area contributed by atoms with Crippen LogP contribution in [0.15, 0.2) is 0 Å². The quantitative estimate of drug-likeness (QED) is 0.689. The molecule has 5 heteroatoms. The fraction of sp³-hybridized carbons (Fsp3) is 0.800. The van der Waals surface area contributed by atoms with Gasteiger partial charge in [-0.2, -0.15) is 0 Å². The lowest BCUT2D eigenvalue weighted by atomic mass is 9.96. The van der Waals surface area contributed by atoms with Crippen LogP contribution in [-0.4, -0.2) is 47.6 Å². The fourth-order valence-corrected chi connectivity index (χ4v) is 2.17. The van der Waals surface area contributed by atoms with Crippen molar-refractivity contribution in [3.05, 3.63) is 0 Å². The predicted molar refractivity (Wildman–Crippen MR) is 55.5 cm³/mol. The Balaban J connectivity index is 2.47. The van der Waals surface area contributed by atoms with Crippen LogP contribution < -0.4 is 5.32 Å². The second-order valence-corrected chi connectivity index (χ2v) is 4.33. The van der Waals surface area contributed by atoms with Gasteiger partial charge in [-0.05, 0) is 12.3 Å². The van der Waals surface area contributed by atoms with E-state index in [1.165, 1.54) is 6.92 Å². The highest BCUT2D eigenvalue weighted by molar-refractivity contribution is 5.73. The number of hydrogen-bond acceptors (Lipinski definition) is 3. The number of amides is 1. The van der Waals surface area contributed by atoms with Crippen LogP contribution in [0.2, 0.25) is 0 Å². The fourth-order valence-electron chi connectivity index (χ4n) is 2.17. The van der Waals surface area contributed by atoms with Gasteiger partial charge in [0.05, 0.1) is 6.54 Å². The molecule has 0 spiro atoms. The van der Waals surface area contributed by atoms with Crippen LogP contribution in [-0.2, 0) is 9.59 Å². The third-order valence-corrected chi connectivity index (χ3v) is 2.50. The van der Waals surface area contributed by atoms with Crippen LogP contribution >= 0.6 is 0 Å². The predicted octanol–water partition coefficient (Wildman–Crippen LogP) is -0.0825. The minimum absolute atomic E-state index is 0.0515. The van der Waals surface area contributed by atoms with Crippen LogP contribution in [0.5, 0.6) is 0 Å². The Kier molecular flexibility index (Phi) is 4.08. The SMILES string of the molecule is CC(=O)NC1CC(C)CN(CC(=O)O)C1. The molecule has 1 heterocycles. The van der Waals surface area contributed by atoms with Crippen LogP contribution in [0, 0.1) is 5.92 Å². The minimum Gasteiger partial charge on any atom is -0.480 e. The van der Waals surface area contributed by atoms with Gasteiger partial charge in [-0.3, -0.25) is 14.5 Å². The van der Waals surface area contributed by atoms with Crippen molar-refractivity contribution in [1.82, 2.24) is 10.2 Å². The molecule has 1 aliphatic heterocycles. The van der Waals surface area contributed by atoms with Crippen LogP contribution in [0.4, 0.5) is 0 Å². The summed E-state index contributed by atoms with van der Waals surface area (Å²) in [5.41, 5.74) is 0. The highest BCUT2D eigenvalue weighted by atomic mass is 16.4. The van der Waals surface area contributed by atoms with Crippen LogP contribution in [0.25, 0.3) is 0 Å². The summed E-state index contributed by atoms with van der Waals surface area (Å²) in [7, 11) is 0. The van der Waals surface area contributed by atoms with Gasteiger partial charge in [-0.1, -0.05) is 6.92 Å². The average molecular weight is 214 g/mol. The van der Waals surface area contributed by atoms with Gasteiger partial charge in [0.2, 0.25) is 5.91 Å². The van der Waals surface area contributed by atoms with E-state index in [9.17, 15) is 9.59 Å². The second-order valence-electron chi connectivity index (χ2n) is 4.33. The number of likely N-dealkylation sites (tertiary alicyclic amines) is 1. The molecular formula is C10H18N2O3. The highest BCUT2D eigenvalue weighted by Crippen LogP contribution is 2.15. The Labute approximate surface area is 89.4 Å². The number of aliphatic carboxylic acids is 1. The molecule has 15 heavy (non-hydrogen) atoms. The van der Waals surface area contributed by atoms with E-state index in [4.69, 9.17) is 5.11 Å². The number of nitrogens with one attached hydrogen (secondary N) is 1. The van der Waals surface area contributed by atoms with E-state index < -0.39 is 5.97 Å². The third-order valence-electron chi connectivity index (χ3n) is 2.50. The number of hydrogen-bond donors (Lipinski definition) is 2. The summed E-state index contributed by atoms with van der Waals surface area (Å²) in [6.45, 7) is 5.04. The Hall–Kier alpha value is -1.10. The molecule has 1 rings (SSSR count). The molecule has 0 saturated carbocycles. The zero-order chi connectivity index (χ0) is 11.4. The summed E-state index contributed by atoms with van der Waals surface area (Å²) in [5.74, 6) is -0.440. The summed E-state index contributed by atoms with van der Waals surface area (Å²) < 4.78 is 0. The number of nitrogens with zero attached hydrogens (tertiary/aromatic N) is 1. The van der Waals surface area contributed by atoms with Gasteiger partial charge in [0.15, 0.2) is 0 Å². The molecule has 1 fully saturated rings. The zero-order valence-electron chi connectivity index (χ0n) is 9.19. The van der Waals surface area contributed by atoms with Crippen LogP contribution in [0.1, 0.15) is 20.3 Å². The van der Waals surface area contributed by atoms with Crippen molar-refractivity contribution in [3.63, 3.8) is 0 Å². The minimum atomic E-state index is -0.814. The lowest BCUT2D eigenvalue weighted by Gasteiger charge is -2.35. The molecule has 1 saturated heterocycles. The van der Waals surface area contributed by atoms with Gasteiger partial charge in [0.1, 0.15) is 0 Å². The zero-order valence-corrected chi connectivity index (χ0v) is 9.19. The average Bonchev–Trinajstić information content (AvgIpc) is 1.98. The summed E-state index contributed by atoms with van der Waals surface area (Å²) in [6.07, 6.45) is 0.926. The monoisotopic (exact) mass is 214 g/mol. The molecule has 0 bridgehead atoms. The number of rotatable bonds is 3. The van der Waals surface area contributed by atoms with Gasteiger partial charge in [-0.25, -0.2) is 0 Å². The standard InChI is InChI=1S/C10H18N2O3/c1-7-3-9(11-8(2)13)5-12(4-7)6-10(14)15/h7,9H,3-6H2,1-2H3,(H,11,13)(H,14,15). The Morgan fingerprint density at radius 2 is 2.13 bits per heavy atom. The molecule has 2 unspecified atom stereocenters. The maximum Gasteiger partial charge on any atom is 0.317 e. The van der Waals surface area contributed by atoms with E-state index in [1.54, 1.807) is 0 Å². The molecular weight excluding hydrogens is 196 g/mol. The molecule has 5 nitrogen and oxygen atoms in total. The highest BCUT2D eigenvalue weighted by Gasteiger charge is 2.26. The number of piperidine rings is 1. The van der Waals surface area contributed by atoms with E-state index in [1.807, 2.05) is 4.90 Å². The number of carbonyl (C=O) groups excluding carboxylic acids is 1. The Morgan fingerprint density at radius 1 is 1.47 bits per heavy atom. The lowest BCUT2D eigenvalue weighted by Crippen LogP contribution is -2.51. The van der Waals surface area contributed by atoms with E-state index in [0.717, 1.165) is 13.0 Å². The van der Waals surface area contributed by atoms with Crippen molar-refractivity contribution in [1.29, 1.82) is 0 Å². The van der Waals surface area contributed by atoms with Crippen molar-refractivity contribution in [2.24, 2.45) is 5.92 Å². The van der Waals surface area contributed by atoms with E-state index in [2.05, 4.69) is 12.2 Å². The van der Waals surface area contributed by atoms with Crippen molar-refractivity contribution >= 4 is 11.9 Å². The van der Waals surface area contributed by atoms with Crippen molar-refractivity contribution in [3.8, 4) is 0 Å². The molecule has 0 aromatic heterocycles. The van der Waals surface area contributed by atoms with Gasteiger partial charge >= 0.3 is 5.97 Å². The Morgan fingerprint density at radius 3 is 2.67 bits per heavy atom. The molecule has 1 amide bonds. The normalized spacial score (nSPS) is 27.3. The molecule has 0 aromatic carbocycles. The maximum absolute atomic E-state index is 10.9. The smallest absolute Gasteiger partial charge is 0.317 e. The third kappa shape index (κ3) is 4.29. The lowest BCUT2D eigenvalue weighted by molar-refractivity contribution is -0.138. The van der Waals surface area contributed by atoms with E-state index in [0.29, 0.717) is 12.5 Å². The van der Waals surface area contributed by atoms with Crippen molar-refractivity contribution in [2.45, 2.75) is 26.3 Å². The largest absolute Gasteiger partial charge is 0.480 e. The first kappa shape index (κ1) is 12.0. The number of carboxylic acids is 1. The molecule has 0 aromatic rings. The molecule has 1 aliphatic rings. The van der Waals surface area contributed by atoms with E-state index in [-0.39, 0.29) is 18.5 Å². The maximum atomic E-state index is 10.9. The summed E-state index contributed by atoms with van der Waals surface area (Å²) in [4.78, 5) is 23.3. The number of carbonyl (C=O) groups is 2. The van der Waals surface area contributed by atoms with E-state index >= 15 is 0 Å². The Bertz CT molecular complexity index is 231. The van der Waals surface area contributed by atoms with Gasteiger partial charge in [0.25, 0.3) is 0 Å². The first-order valence-electron chi connectivity index (χ1n) is 5.18. The first-order valence-corrected chi connectivity index (χ1v) is 5.18. The van der Waals surface area contributed by atoms with Crippen LogP contribution in [0.3, 0.4) is 0 Å².